The maximum Gasteiger partial charge on any atom is 0.303 e. The highest BCUT2D eigenvalue weighted by atomic mass is 32.2. The third-order valence-electron chi connectivity index (χ3n) is 1.32. The van der Waals surface area contributed by atoms with Crippen LogP contribution in [0.1, 0.15) is 19.8 Å². The van der Waals surface area contributed by atoms with E-state index in [0.29, 0.717) is 0 Å². The van der Waals surface area contributed by atoms with Crippen molar-refractivity contribution in [1.29, 1.82) is 5.41 Å². The summed E-state index contributed by atoms with van der Waals surface area (Å²) in [5.74, 6) is -1.24. The number of carbonyl (C=O) groups is 1. The smallest absolute Gasteiger partial charge is 0.303 e. The van der Waals surface area contributed by atoms with E-state index in [4.69, 9.17) is 10.5 Å². The second-order valence-electron chi connectivity index (χ2n) is 2.22. The topological polar surface area (TPSA) is 95.3 Å². The zero-order valence-corrected chi connectivity index (χ0v) is 7.52. The average Bonchev–Trinajstić information content (AvgIpc) is 2.00. The standard InChI is InChI=1S/C6H11NO4S/c1-2-12(10,11)5(7)3-4-6(8)9/h7H,2-4H2,1H3,(H,8,9). The Labute approximate surface area is 70.8 Å². The molecular weight excluding hydrogens is 182 g/mol. The summed E-state index contributed by atoms with van der Waals surface area (Å²) >= 11 is 0. The molecule has 0 saturated heterocycles. The van der Waals surface area contributed by atoms with E-state index >= 15 is 0 Å². The van der Waals surface area contributed by atoms with Gasteiger partial charge in [-0.2, -0.15) is 0 Å². The van der Waals surface area contributed by atoms with E-state index in [2.05, 4.69) is 0 Å². The molecule has 0 rings (SSSR count). The molecule has 0 aliphatic carbocycles. The van der Waals surface area contributed by atoms with Crippen molar-refractivity contribution in [3.63, 3.8) is 0 Å². The largest absolute Gasteiger partial charge is 0.481 e. The van der Waals surface area contributed by atoms with Gasteiger partial charge in [-0.05, 0) is 0 Å². The molecule has 0 saturated carbocycles. The minimum absolute atomic E-state index is 0.147. The summed E-state index contributed by atoms with van der Waals surface area (Å²) in [6.07, 6.45) is -0.524. The fraction of sp³-hybridized carbons (Fsp3) is 0.667. The Balaban J connectivity index is 4.15. The van der Waals surface area contributed by atoms with Crippen LogP contribution in [0.25, 0.3) is 0 Å². The van der Waals surface area contributed by atoms with E-state index in [1.165, 1.54) is 6.92 Å². The number of carboxylic acids is 1. The number of hydrogen-bond acceptors (Lipinski definition) is 4. The molecule has 0 heterocycles. The van der Waals surface area contributed by atoms with Crippen LogP contribution in [0, 0.1) is 5.41 Å². The highest BCUT2D eigenvalue weighted by molar-refractivity contribution is 8.06. The number of sulfone groups is 1. The Morgan fingerprint density at radius 3 is 2.25 bits per heavy atom. The number of carboxylic acid groups (broad SMARTS) is 1. The van der Waals surface area contributed by atoms with Crippen LogP contribution in [0.5, 0.6) is 0 Å². The van der Waals surface area contributed by atoms with Crippen LogP contribution in [0.15, 0.2) is 0 Å². The van der Waals surface area contributed by atoms with E-state index in [0.717, 1.165) is 0 Å². The molecule has 0 aromatic carbocycles. The summed E-state index contributed by atoms with van der Waals surface area (Å²) < 4.78 is 21.8. The Morgan fingerprint density at radius 2 is 1.92 bits per heavy atom. The first-order valence-electron chi connectivity index (χ1n) is 3.42. The van der Waals surface area contributed by atoms with E-state index in [1.807, 2.05) is 0 Å². The zero-order chi connectivity index (χ0) is 9.78. The Bertz CT molecular complexity index is 280. The van der Waals surface area contributed by atoms with Gasteiger partial charge >= 0.3 is 5.97 Å². The minimum atomic E-state index is -3.47. The summed E-state index contributed by atoms with van der Waals surface area (Å²) in [5.41, 5.74) is 0. The lowest BCUT2D eigenvalue weighted by molar-refractivity contribution is -0.136. The first kappa shape index (κ1) is 11.1. The van der Waals surface area contributed by atoms with Gasteiger partial charge in [0, 0.05) is 6.42 Å². The molecule has 6 heteroatoms. The van der Waals surface area contributed by atoms with Gasteiger partial charge in [-0.25, -0.2) is 8.42 Å². The first-order valence-corrected chi connectivity index (χ1v) is 5.07. The van der Waals surface area contributed by atoms with E-state index in [9.17, 15) is 13.2 Å². The third-order valence-corrected chi connectivity index (χ3v) is 3.04. The summed E-state index contributed by atoms with van der Waals surface area (Å²) in [7, 11) is -3.47. The van der Waals surface area contributed by atoms with Crippen molar-refractivity contribution in [1.82, 2.24) is 0 Å². The summed E-state index contributed by atoms with van der Waals surface area (Å²) in [6.45, 7) is 1.42. The normalized spacial score (nSPS) is 11.1. The second kappa shape index (κ2) is 4.20. The van der Waals surface area contributed by atoms with Crippen molar-refractivity contribution in [2.75, 3.05) is 5.75 Å². The third kappa shape index (κ3) is 3.47. The average molecular weight is 193 g/mol. The highest BCUT2D eigenvalue weighted by Gasteiger charge is 2.15. The van der Waals surface area contributed by atoms with Gasteiger partial charge in [0.1, 0.15) is 5.04 Å². The van der Waals surface area contributed by atoms with Crippen molar-refractivity contribution < 1.29 is 18.3 Å². The maximum atomic E-state index is 10.9. The predicted octanol–water partition coefficient (Wildman–Crippen LogP) is 0.263. The van der Waals surface area contributed by atoms with Crippen molar-refractivity contribution in [3.05, 3.63) is 0 Å². The molecule has 12 heavy (non-hydrogen) atoms. The highest BCUT2D eigenvalue weighted by Crippen LogP contribution is 2.00. The molecule has 2 N–H and O–H groups in total. The van der Waals surface area contributed by atoms with Gasteiger partial charge in [-0.3, -0.25) is 10.2 Å². The lowest BCUT2D eigenvalue weighted by Crippen LogP contribution is -2.16. The van der Waals surface area contributed by atoms with Crippen molar-refractivity contribution >= 4 is 20.9 Å². The van der Waals surface area contributed by atoms with E-state index in [-0.39, 0.29) is 18.6 Å². The molecular formula is C6H11NO4S. The predicted molar refractivity (Wildman–Crippen MR) is 44.1 cm³/mol. The molecule has 0 bridgehead atoms. The van der Waals surface area contributed by atoms with Crippen LogP contribution in [-0.4, -0.2) is 30.3 Å². The van der Waals surface area contributed by atoms with Crippen LogP contribution in [-0.2, 0) is 14.6 Å². The Hall–Kier alpha value is -0.910. The van der Waals surface area contributed by atoms with Gasteiger partial charge in [0.2, 0.25) is 0 Å². The first-order chi connectivity index (χ1) is 5.40. The molecule has 0 aromatic rings. The summed E-state index contributed by atoms with van der Waals surface area (Å²) in [5, 5.41) is 14.7. The van der Waals surface area contributed by atoms with Crippen molar-refractivity contribution in [2.45, 2.75) is 19.8 Å². The van der Waals surface area contributed by atoms with E-state index < -0.39 is 20.9 Å². The molecule has 0 amide bonds. The number of nitrogens with one attached hydrogen (secondary N) is 1. The van der Waals surface area contributed by atoms with Crippen LogP contribution in [0.2, 0.25) is 0 Å². The molecule has 0 aromatic heterocycles. The molecule has 5 nitrogen and oxygen atoms in total. The van der Waals surface area contributed by atoms with Gasteiger partial charge in [-0.1, -0.05) is 6.92 Å². The fourth-order valence-electron chi connectivity index (χ4n) is 0.550. The van der Waals surface area contributed by atoms with Crippen LogP contribution in [0.4, 0.5) is 0 Å². The molecule has 0 aliphatic rings. The quantitative estimate of drug-likeness (QED) is 0.494. The molecule has 0 unspecified atom stereocenters. The molecule has 0 atom stereocenters. The van der Waals surface area contributed by atoms with Crippen LogP contribution >= 0.6 is 0 Å². The summed E-state index contributed by atoms with van der Waals surface area (Å²) in [6, 6.07) is 0. The van der Waals surface area contributed by atoms with Gasteiger partial charge in [0.15, 0.2) is 9.84 Å². The monoisotopic (exact) mass is 193 g/mol. The Kier molecular flexibility index (Phi) is 3.88. The van der Waals surface area contributed by atoms with Gasteiger partial charge in [0.05, 0.1) is 12.2 Å². The Morgan fingerprint density at radius 1 is 1.42 bits per heavy atom. The maximum absolute atomic E-state index is 10.9. The molecule has 0 spiro atoms. The van der Waals surface area contributed by atoms with Gasteiger partial charge in [0.25, 0.3) is 0 Å². The number of hydrogen-bond donors (Lipinski definition) is 2. The summed E-state index contributed by atoms with van der Waals surface area (Å²) in [4.78, 5) is 10.0. The molecule has 0 aliphatic heterocycles. The fourth-order valence-corrected chi connectivity index (χ4v) is 1.31. The molecule has 0 fully saturated rings. The van der Waals surface area contributed by atoms with Crippen LogP contribution in [0.3, 0.4) is 0 Å². The second-order valence-corrected chi connectivity index (χ2v) is 4.52. The lowest BCUT2D eigenvalue weighted by atomic mass is 10.3. The number of aliphatic carboxylic acids is 1. The SMILES string of the molecule is CCS(=O)(=O)C(=N)CCC(=O)O. The van der Waals surface area contributed by atoms with E-state index in [1.54, 1.807) is 0 Å². The van der Waals surface area contributed by atoms with Gasteiger partial charge in [-0.15, -0.1) is 0 Å². The van der Waals surface area contributed by atoms with Crippen LogP contribution < -0.4 is 0 Å². The number of rotatable bonds is 4. The molecule has 70 valence electrons. The zero-order valence-electron chi connectivity index (χ0n) is 6.70. The lowest BCUT2D eigenvalue weighted by Gasteiger charge is -2.00. The molecule has 0 radical (unpaired) electrons. The van der Waals surface area contributed by atoms with Gasteiger partial charge < -0.3 is 5.11 Å². The van der Waals surface area contributed by atoms with Crippen molar-refractivity contribution in [3.8, 4) is 0 Å². The minimum Gasteiger partial charge on any atom is -0.481 e. The van der Waals surface area contributed by atoms with Crippen molar-refractivity contribution in [2.24, 2.45) is 0 Å².